The summed E-state index contributed by atoms with van der Waals surface area (Å²) < 4.78 is 21.6. The molecular weight excluding hydrogens is 312 g/mol. The van der Waals surface area contributed by atoms with Crippen LogP contribution in [0.2, 0.25) is 0 Å². The van der Waals surface area contributed by atoms with Crippen LogP contribution in [0.5, 0.6) is 23.0 Å². The number of carbonyl (C=O) groups is 1. The number of rotatable bonds is 3. The zero-order chi connectivity index (χ0) is 16.4. The third kappa shape index (κ3) is 2.83. The largest absolute Gasteiger partial charge is 0.485 e. The molecule has 0 aliphatic carbocycles. The van der Waals surface area contributed by atoms with Crippen molar-refractivity contribution in [1.82, 2.24) is 5.43 Å². The van der Waals surface area contributed by atoms with E-state index in [1.165, 1.54) is 6.21 Å². The van der Waals surface area contributed by atoms with Crippen LogP contribution in [0, 0.1) is 0 Å². The van der Waals surface area contributed by atoms with E-state index in [0.717, 1.165) is 5.56 Å². The molecule has 0 saturated carbocycles. The van der Waals surface area contributed by atoms with Crippen LogP contribution < -0.4 is 24.4 Å². The van der Waals surface area contributed by atoms with Gasteiger partial charge in [0.25, 0.3) is 5.91 Å². The highest BCUT2D eigenvalue weighted by atomic mass is 16.7. The summed E-state index contributed by atoms with van der Waals surface area (Å²) in [5.41, 5.74) is 3.24. The quantitative estimate of drug-likeness (QED) is 0.686. The number of nitrogens with zero attached hydrogens (tertiary/aromatic N) is 1. The lowest BCUT2D eigenvalue weighted by Gasteiger charge is -2.24. The van der Waals surface area contributed by atoms with Crippen LogP contribution in [0.4, 0.5) is 0 Å². The summed E-state index contributed by atoms with van der Waals surface area (Å²) >= 11 is 0. The molecule has 1 atom stereocenters. The van der Waals surface area contributed by atoms with Gasteiger partial charge < -0.3 is 18.9 Å². The van der Waals surface area contributed by atoms with Crippen molar-refractivity contribution >= 4 is 12.1 Å². The number of para-hydroxylation sites is 2. The molecule has 0 fully saturated rings. The van der Waals surface area contributed by atoms with E-state index >= 15 is 0 Å². The third-order valence-corrected chi connectivity index (χ3v) is 3.59. The fourth-order valence-electron chi connectivity index (χ4n) is 2.38. The Balaban J connectivity index is 1.37. The lowest BCUT2D eigenvalue weighted by atomic mass is 10.2. The van der Waals surface area contributed by atoms with E-state index in [4.69, 9.17) is 18.9 Å². The summed E-state index contributed by atoms with van der Waals surface area (Å²) in [6, 6.07) is 12.6. The van der Waals surface area contributed by atoms with E-state index in [1.807, 2.05) is 18.2 Å². The molecule has 0 spiro atoms. The number of benzene rings is 2. The predicted octanol–water partition coefficient (Wildman–Crippen LogP) is 1.71. The van der Waals surface area contributed by atoms with Crippen LogP contribution in [0.25, 0.3) is 0 Å². The molecule has 0 saturated heterocycles. The fraction of sp³-hybridized carbons (Fsp3) is 0.176. The van der Waals surface area contributed by atoms with Gasteiger partial charge in [0, 0.05) is 0 Å². The average molecular weight is 326 g/mol. The van der Waals surface area contributed by atoms with Crippen LogP contribution in [0.1, 0.15) is 5.56 Å². The molecule has 0 aromatic heterocycles. The van der Waals surface area contributed by atoms with Crippen LogP contribution in [0.3, 0.4) is 0 Å². The van der Waals surface area contributed by atoms with Gasteiger partial charge in [0.05, 0.1) is 6.21 Å². The van der Waals surface area contributed by atoms with Crippen LogP contribution in [-0.2, 0) is 4.79 Å². The standard InChI is InChI=1S/C17H14N2O5/c20-17(16-9-21-12-3-1-2-4-14(12)24-16)19-18-8-11-5-6-13-15(7-11)23-10-22-13/h1-8,16H,9-10H2,(H,19,20)/b18-8-. The first-order valence-corrected chi connectivity index (χ1v) is 7.41. The van der Waals surface area contributed by atoms with Gasteiger partial charge in [-0.2, -0.15) is 5.10 Å². The summed E-state index contributed by atoms with van der Waals surface area (Å²) in [6.07, 6.45) is 0.783. The first-order valence-electron chi connectivity index (χ1n) is 7.41. The van der Waals surface area contributed by atoms with Crippen molar-refractivity contribution in [2.24, 2.45) is 5.10 Å². The molecule has 24 heavy (non-hydrogen) atoms. The van der Waals surface area contributed by atoms with Gasteiger partial charge in [-0.1, -0.05) is 12.1 Å². The Morgan fingerprint density at radius 2 is 1.83 bits per heavy atom. The van der Waals surface area contributed by atoms with Gasteiger partial charge >= 0.3 is 0 Å². The van der Waals surface area contributed by atoms with Gasteiger partial charge in [-0.3, -0.25) is 4.79 Å². The van der Waals surface area contributed by atoms with Gasteiger partial charge in [-0.05, 0) is 35.9 Å². The van der Waals surface area contributed by atoms with E-state index in [9.17, 15) is 4.79 Å². The van der Waals surface area contributed by atoms with Crippen LogP contribution >= 0.6 is 0 Å². The molecule has 2 aliphatic heterocycles. The minimum Gasteiger partial charge on any atom is -0.485 e. The lowest BCUT2D eigenvalue weighted by molar-refractivity contribution is -0.130. The van der Waals surface area contributed by atoms with E-state index in [2.05, 4.69) is 10.5 Å². The fourth-order valence-corrected chi connectivity index (χ4v) is 2.38. The second kappa shape index (κ2) is 6.11. The number of amides is 1. The SMILES string of the molecule is O=C(N/N=C\c1ccc2c(c1)OCO2)C1COc2ccccc2O1. The summed E-state index contributed by atoms with van der Waals surface area (Å²) in [5.74, 6) is 2.16. The second-order valence-electron chi connectivity index (χ2n) is 5.21. The number of ether oxygens (including phenoxy) is 4. The van der Waals surface area contributed by atoms with Crippen molar-refractivity contribution in [2.45, 2.75) is 6.10 Å². The smallest absolute Gasteiger partial charge is 0.284 e. The van der Waals surface area contributed by atoms with Crippen molar-refractivity contribution in [3.63, 3.8) is 0 Å². The molecule has 1 amide bonds. The molecule has 2 aromatic rings. The number of nitrogens with one attached hydrogen (secondary N) is 1. The van der Waals surface area contributed by atoms with E-state index in [0.29, 0.717) is 23.0 Å². The highest BCUT2D eigenvalue weighted by Gasteiger charge is 2.27. The summed E-state index contributed by atoms with van der Waals surface area (Å²) in [7, 11) is 0. The first kappa shape index (κ1) is 14.4. The molecular formula is C17H14N2O5. The Kier molecular flexibility index (Phi) is 3.66. The Labute approximate surface area is 137 Å². The molecule has 7 nitrogen and oxygen atoms in total. The Hall–Kier alpha value is -3.22. The third-order valence-electron chi connectivity index (χ3n) is 3.59. The first-order chi connectivity index (χ1) is 11.8. The Bertz CT molecular complexity index is 805. The topological polar surface area (TPSA) is 78.4 Å². The maximum atomic E-state index is 12.1. The van der Waals surface area contributed by atoms with Crippen molar-refractivity contribution in [3.05, 3.63) is 48.0 Å². The number of hydrazone groups is 1. The minimum atomic E-state index is -0.742. The Morgan fingerprint density at radius 1 is 1.04 bits per heavy atom. The minimum absolute atomic E-state index is 0.141. The predicted molar refractivity (Wildman–Crippen MR) is 84.7 cm³/mol. The number of fused-ring (bicyclic) bond motifs is 2. The van der Waals surface area contributed by atoms with E-state index < -0.39 is 6.10 Å². The zero-order valence-corrected chi connectivity index (χ0v) is 12.6. The van der Waals surface area contributed by atoms with Crippen molar-refractivity contribution in [1.29, 1.82) is 0 Å². The van der Waals surface area contributed by atoms with Gasteiger partial charge in [0.1, 0.15) is 6.61 Å². The molecule has 0 bridgehead atoms. The highest BCUT2D eigenvalue weighted by Crippen LogP contribution is 2.32. The average Bonchev–Trinajstić information content (AvgIpc) is 3.09. The highest BCUT2D eigenvalue weighted by molar-refractivity contribution is 5.85. The molecule has 2 aromatic carbocycles. The molecule has 1 unspecified atom stereocenters. The molecule has 4 rings (SSSR count). The number of carbonyl (C=O) groups excluding carboxylic acids is 1. The summed E-state index contributed by atoms with van der Waals surface area (Å²) in [4.78, 5) is 12.1. The molecule has 2 aliphatic rings. The molecule has 7 heteroatoms. The van der Waals surface area contributed by atoms with Gasteiger partial charge in [-0.15, -0.1) is 0 Å². The van der Waals surface area contributed by atoms with Gasteiger partial charge in [0.2, 0.25) is 12.9 Å². The van der Waals surface area contributed by atoms with Gasteiger partial charge in [-0.25, -0.2) is 5.43 Å². The maximum Gasteiger partial charge on any atom is 0.284 e. The number of hydrogen-bond donors (Lipinski definition) is 1. The summed E-state index contributed by atoms with van der Waals surface area (Å²) in [5, 5.41) is 3.94. The summed E-state index contributed by atoms with van der Waals surface area (Å²) in [6.45, 7) is 0.357. The lowest BCUT2D eigenvalue weighted by Crippen LogP contribution is -2.42. The van der Waals surface area contributed by atoms with Crippen LogP contribution in [-0.4, -0.2) is 31.6 Å². The molecule has 1 N–H and O–H groups in total. The van der Waals surface area contributed by atoms with E-state index in [1.54, 1.807) is 24.3 Å². The molecule has 122 valence electrons. The maximum absolute atomic E-state index is 12.1. The van der Waals surface area contributed by atoms with Gasteiger partial charge in [0.15, 0.2) is 23.0 Å². The second-order valence-corrected chi connectivity index (χ2v) is 5.21. The van der Waals surface area contributed by atoms with E-state index in [-0.39, 0.29) is 19.3 Å². The molecule has 0 radical (unpaired) electrons. The van der Waals surface area contributed by atoms with Crippen molar-refractivity contribution in [3.8, 4) is 23.0 Å². The number of hydrogen-bond acceptors (Lipinski definition) is 6. The monoisotopic (exact) mass is 326 g/mol. The molecule has 2 heterocycles. The van der Waals surface area contributed by atoms with Crippen molar-refractivity contribution in [2.75, 3.05) is 13.4 Å². The van der Waals surface area contributed by atoms with Crippen LogP contribution in [0.15, 0.2) is 47.6 Å². The zero-order valence-electron chi connectivity index (χ0n) is 12.6. The Morgan fingerprint density at radius 3 is 2.75 bits per heavy atom. The normalized spacial score (nSPS) is 17.8. The van der Waals surface area contributed by atoms with Crippen molar-refractivity contribution < 1.29 is 23.7 Å².